The highest BCUT2D eigenvalue weighted by Crippen LogP contribution is 2.11. The van der Waals surface area contributed by atoms with Gasteiger partial charge in [0.15, 0.2) is 0 Å². The highest BCUT2D eigenvalue weighted by Gasteiger charge is 2.01. The van der Waals surface area contributed by atoms with Gasteiger partial charge in [0.1, 0.15) is 0 Å². The lowest BCUT2D eigenvalue weighted by Gasteiger charge is -1.96. The number of hydrogen-bond acceptors (Lipinski definition) is 1. The van der Waals surface area contributed by atoms with Crippen molar-refractivity contribution >= 4 is 0 Å². The first-order chi connectivity index (χ1) is 3.30. The zero-order valence-electron chi connectivity index (χ0n) is 4.39. The molecule has 1 heteroatoms. The van der Waals surface area contributed by atoms with Crippen LogP contribution in [0.2, 0.25) is 0 Å². The first-order valence-electron chi connectivity index (χ1n) is 2.44. The van der Waals surface area contributed by atoms with E-state index in [0.717, 1.165) is 5.70 Å². The third kappa shape index (κ3) is 0.660. The minimum absolute atomic E-state index is 0.472. The molecule has 0 aliphatic heterocycles. The van der Waals surface area contributed by atoms with Crippen molar-refractivity contribution in [3.63, 3.8) is 0 Å². The molecule has 0 spiro atoms. The largest absolute Gasteiger partial charge is 0.402 e. The van der Waals surface area contributed by atoms with Gasteiger partial charge in [-0.15, -0.1) is 0 Å². The summed E-state index contributed by atoms with van der Waals surface area (Å²) in [4.78, 5) is 0. The number of hydrogen-bond donors (Lipinski definition) is 1. The monoisotopic (exact) mass is 95.1 g/mol. The Bertz CT molecular complexity index is 122. The van der Waals surface area contributed by atoms with Gasteiger partial charge in [-0.05, 0) is 6.08 Å². The second-order valence-corrected chi connectivity index (χ2v) is 1.84. The first-order valence-corrected chi connectivity index (χ1v) is 2.44. The van der Waals surface area contributed by atoms with Crippen molar-refractivity contribution in [2.45, 2.75) is 6.92 Å². The molecule has 0 aromatic carbocycles. The maximum Gasteiger partial charge on any atom is 0.0147 e. The van der Waals surface area contributed by atoms with E-state index in [-0.39, 0.29) is 0 Å². The van der Waals surface area contributed by atoms with Crippen LogP contribution in [0.4, 0.5) is 0 Å². The zero-order valence-corrected chi connectivity index (χ0v) is 4.39. The minimum atomic E-state index is 0.472. The SMILES string of the molecule is CC1C=CC=C1N. The van der Waals surface area contributed by atoms with Crippen LogP contribution in [0.25, 0.3) is 0 Å². The summed E-state index contributed by atoms with van der Waals surface area (Å²) in [6.45, 7) is 2.08. The Morgan fingerprint density at radius 2 is 2.43 bits per heavy atom. The summed E-state index contributed by atoms with van der Waals surface area (Å²) in [6, 6.07) is 0. The van der Waals surface area contributed by atoms with Gasteiger partial charge in [0, 0.05) is 11.6 Å². The quantitative estimate of drug-likeness (QED) is 0.478. The molecule has 0 saturated heterocycles. The maximum atomic E-state index is 5.48. The van der Waals surface area contributed by atoms with E-state index < -0.39 is 0 Å². The average Bonchev–Trinajstić information content (AvgIpc) is 1.91. The van der Waals surface area contributed by atoms with Gasteiger partial charge >= 0.3 is 0 Å². The standard InChI is InChI=1S/C6H9N/c1-5-3-2-4-6(5)7/h2-5H,7H2,1H3. The fourth-order valence-corrected chi connectivity index (χ4v) is 0.596. The Hall–Kier alpha value is -0.720. The van der Waals surface area contributed by atoms with Crippen LogP contribution in [-0.2, 0) is 0 Å². The van der Waals surface area contributed by atoms with E-state index in [4.69, 9.17) is 5.73 Å². The van der Waals surface area contributed by atoms with Crippen molar-refractivity contribution in [1.82, 2.24) is 0 Å². The van der Waals surface area contributed by atoms with Gasteiger partial charge in [0.05, 0.1) is 0 Å². The van der Waals surface area contributed by atoms with Crippen LogP contribution in [0.15, 0.2) is 23.9 Å². The molecule has 0 fully saturated rings. The number of nitrogens with two attached hydrogens (primary N) is 1. The molecule has 1 unspecified atom stereocenters. The van der Waals surface area contributed by atoms with E-state index in [9.17, 15) is 0 Å². The minimum Gasteiger partial charge on any atom is -0.402 e. The molecule has 1 nitrogen and oxygen atoms in total. The molecular weight excluding hydrogens is 86.1 g/mol. The predicted octanol–water partition coefficient (Wildman–Crippen LogP) is 1.03. The van der Waals surface area contributed by atoms with Gasteiger partial charge in [-0.2, -0.15) is 0 Å². The molecule has 0 aromatic heterocycles. The Morgan fingerprint density at radius 3 is 2.57 bits per heavy atom. The summed E-state index contributed by atoms with van der Waals surface area (Å²) in [7, 11) is 0. The van der Waals surface area contributed by atoms with Crippen molar-refractivity contribution in [3.8, 4) is 0 Å². The summed E-state index contributed by atoms with van der Waals surface area (Å²) < 4.78 is 0. The van der Waals surface area contributed by atoms with E-state index in [1.165, 1.54) is 0 Å². The van der Waals surface area contributed by atoms with Crippen LogP contribution in [0.3, 0.4) is 0 Å². The molecule has 0 radical (unpaired) electrons. The summed E-state index contributed by atoms with van der Waals surface area (Å²) in [5.74, 6) is 0.472. The fourth-order valence-electron chi connectivity index (χ4n) is 0.596. The van der Waals surface area contributed by atoms with Crippen LogP contribution in [0, 0.1) is 5.92 Å². The molecule has 0 aromatic rings. The van der Waals surface area contributed by atoms with Gasteiger partial charge in [0.25, 0.3) is 0 Å². The molecule has 1 aliphatic carbocycles. The molecule has 1 rings (SSSR count). The lowest BCUT2D eigenvalue weighted by molar-refractivity contribution is 0.866. The van der Waals surface area contributed by atoms with Crippen molar-refractivity contribution in [2.24, 2.45) is 11.7 Å². The van der Waals surface area contributed by atoms with Gasteiger partial charge < -0.3 is 5.73 Å². The highest BCUT2D eigenvalue weighted by atomic mass is 14.6. The molecule has 0 heterocycles. The molecule has 0 saturated carbocycles. The Kier molecular flexibility index (Phi) is 0.895. The average molecular weight is 95.1 g/mol. The van der Waals surface area contributed by atoms with Gasteiger partial charge in [0.2, 0.25) is 0 Å². The predicted molar refractivity (Wildman–Crippen MR) is 30.6 cm³/mol. The van der Waals surface area contributed by atoms with Crippen LogP contribution in [0.5, 0.6) is 0 Å². The normalized spacial score (nSPS) is 28.1. The molecule has 1 aliphatic rings. The molecule has 38 valence electrons. The molecule has 0 amide bonds. The topological polar surface area (TPSA) is 26.0 Å². The Balaban J connectivity index is 2.69. The Labute approximate surface area is 43.5 Å². The van der Waals surface area contributed by atoms with E-state index in [1.807, 2.05) is 12.2 Å². The van der Waals surface area contributed by atoms with Crippen LogP contribution in [0.1, 0.15) is 6.92 Å². The molecule has 2 N–H and O–H groups in total. The molecule has 1 atom stereocenters. The second kappa shape index (κ2) is 1.41. The van der Waals surface area contributed by atoms with Crippen molar-refractivity contribution in [1.29, 1.82) is 0 Å². The van der Waals surface area contributed by atoms with E-state index in [0.29, 0.717) is 5.92 Å². The van der Waals surface area contributed by atoms with Gasteiger partial charge in [-0.1, -0.05) is 19.1 Å². The van der Waals surface area contributed by atoms with Crippen molar-refractivity contribution < 1.29 is 0 Å². The van der Waals surface area contributed by atoms with Crippen molar-refractivity contribution in [2.75, 3.05) is 0 Å². The summed E-state index contributed by atoms with van der Waals surface area (Å²) >= 11 is 0. The van der Waals surface area contributed by atoms with Crippen molar-refractivity contribution in [3.05, 3.63) is 23.9 Å². The van der Waals surface area contributed by atoms with Crippen LogP contribution in [-0.4, -0.2) is 0 Å². The van der Waals surface area contributed by atoms with Gasteiger partial charge in [-0.25, -0.2) is 0 Å². The lowest BCUT2D eigenvalue weighted by atomic mass is 10.2. The maximum absolute atomic E-state index is 5.48. The van der Waals surface area contributed by atoms with E-state index in [2.05, 4.69) is 13.0 Å². The first kappa shape index (κ1) is 4.44. The van der Waals surface area contributed by atoms with Crippen LogP contribution >= 0.6 is 0 Å². The molecular formula is C6H9N. The third-order valence-corrected chi connectivity index (χ3v) is 1.21. The zero-order chi connectivity index (χ0) is 5.28. The lowest BCUT2D eigenvalue weighted by Crippen LogP contribution is -2.01. The third-order valence-electron chi connectivity index (χ3n) is 1.21. The highest BCUT2D eigenvalue weighted by molar-refractivity contribution is 5.23. The summed E-state index contributed by atoms with van der Waals surface area (Å²) in [6.07, 6.45) is 6.00. The second-order valence-electron chi connectivity index (χ2n) is 1.84. The number of rotatable bonds is 0. The number of allylic oxidation sites excluding steroid dienone is 3. The van der Waals surface area contributed by atoms with Crippen LogP contribution < -0.4 is 5.73 Å². The Morgan fingerprint density at radius 1 is 1.71 bits per heavy atom. The smallest absolute Gasteiger partial charge is 0.0147 e. The van der Waals surface area contributed by atoms with E-state index >= 15 is 0 Å². The molecule has 7 heavy (non-hydrogen) atoms. The summed E-state index contributed by atoms with van der Waals surface area (Å²) in [5.41, 5.74) is 6.45. The van der Waals surface area contributed by atoms with Gasteiger partial charge in [-0.3, -0.25) is 0 Å². The van der Waals surface area contributed by atoms with E-state index in [1.54, 1.807) is 0 Å². The molecule has 0 bridgehead atoms. The summed E-state index contributed by atoms with van der Waals surface area (Å²) in [5, 5.41) is 0. The fraction of sp³-hybridized carbons (Fsp3) is 0.333.